The van der Waals surface area contributed by atoms with E-state index in [-0.39, 0.29) is 11.7 Å². The molecule has 3 rings (SSSR count). The van der Waals surface area contributed by atoms with Crippen LogP contribution in [0.1, 0.15) is 26.2 Å². The second-order valence-corrected chi connectivity index (χ2v) is 6.72. The molecule has 0 saturated carbocycles. The molecule has 2 aliphatic heterocycles. The van der Waals surface area contributed by atoms with Gasteiger partial charge >= 0.3 is 5.97 Å². The molecule has 1 aliphatic carbocycles. The normalized spacial score (nSPS) is 27.5. The Labute approximate surface area is 135 Å². The number of Topliss-reactive ketones (excluding diaryl/α,β-unsaturated/α-hetero) is 1. The maximum Gasteiger partial charge on any atom is 0.306 e. The van der Waals surface area contributed by atoms with Crippen molar-refractivity contribution < 1.29 is 24.5 Å². The van der Waals surface area contributed by atoms with Crippen LogP contribution in [0.5, 0.6) is 0 Å². The lowest BCUT2D eigenvalue weighted by Crippen LogP contribution is -2.45. The average molecular weight is 321 g/mol. The number of carbonyl (C=O) groups excluding carboxylic acids is 1. The minimum atomic E-state index is -0.751. The Morgan fingerprint density at radius 1 is 1.43 bits per heavy atom. The van der Waals surface area contributed by atoms with Gasteiger partial charge in [-0.1, -0.05) is 5.57 Å². The number of carboxylic acids is 1. The number of ether oxygens (including phenoxy) is 1. The highest BCUT2D eigenvalue weighted by Crippen LogP contribution is 2.36. The second-order valence-electron chi connectivity index (χ2n) is 6.72. The molecule has 2 heterocycles. The van der Waals surface area contributed by atoms with Gasteiger partial charge in [0.05, 0.1) is 24.2 Å². The summed E-state index contributed by atoms with van der Waals surface area (Å²) in [7, 11) is 0. The molecule has 0 spiro atoms. The lowest BCUT2D eigenvalue weighted by molar-refractivity contribution is -0.143. The third kappa shape index (κ3) is 3.19. The Morgan fingerprint density at radius 3 is 2.78 bits per heavy atom. The summed E-state index contributed by atoms with van der Waals surface area (Å²) in [6.07, 6.45) is 2.42. The SMILES string of the molecule is CC1=C2COC=C2CC(=O)C1[C@@H](O)CN1CCC(C(=O)O)CC1. The van der Waals surface area contributed by atoms with E-state index in [4.69, 9.17) is 9.84 Å². The molecule has 0 aromatic heterocycles. The van der Waals surface area contributed by atoms with Gasteiger partial charge in [0, 0.05) is 18.5 Å². The molecule has 0 radical (unpaired) electrons. The van der Waals surface area contributed by atoms with Gasteiger partial charge < -0.3 is 19.8 Å². The number of hydrogen-bond acceptors (Lipinski definition) is 5. The van der Waals surface area contributed by atoms with Crippen LogP contribution in [0.3, 0.4) is 0 Å². The third-order valence-electron chi connectivity index (χ3n) is 5.26. The lowest BCUT2D eigenvalue weighted by atomic mass is 9.77. The number of fused-ring (bicyclic) bond motifs is 1. The van der Waals surface area contributed by atoms with E-state index in [1.165, 1.54) is 0 Å². The van der Waals surface area contributed by atoms with Gasteiger partial charge in [-0.3, -0.25) is 9.59 Å². The summed E-state index contributed by atoms with van der Waals surface area (Å²) in [5.74, 6) is -1.46. The number of rotatable bonds is 4. The molecule has 0 aromatic rings. The summed E-state index contributed by atoms with van der Waals surface area (Å²) in [4.78, 5) is 25.4. The number of carbonyl (C=O) groups is 2. The summed E-state index contributed by atoms with van der Waals surface area (Å²) >= 11 is 0. The van der Waals surface area contributed by atoms with E-state index >= 15 is 0 Å². The smallest absolute Gasteiger partial charge is 0.306 e. The molecular formula is C17H23NO5. The van der Waals surface area contributed by atoms with E-state index in [9.17, 15) is 14.7 Å². The number of piperidine rings is 1. The van der Waals surface area contributed by atoms with Gasteiger partial charge in [-0.2, -0.15) is 0 Å². The van der Waals surface area contributed by atoms with Crippen molar-refractivity contribution in [3.8, 4) is 0 Å². The first kappa shape index (κ1) is 16.2. The second kappa shape index (κ2) is 6.45. The molecule has 6 nitrogen and oxygen atoms in total. The van der Waals surface area contributed by atoms with Crippen molar-refractivity contribution in [3.05, 3.63) is 23.0 Å². The standard InChI is InChI=1S/C17H23NO5/c1-10-13-9-23-8-12(13)6-14(19)16(10)15(20)7-18-4-2-11(3-5-18)17(21)22/h8,11,15-16,20H,2-7,9H2,1H3,(H,21,22)/t15-,16?/m0/s1. The average Bonchev–Trinajstić information content (AvgIpc) is 2.96. The van der Waals surface area contributed by atoms with Crippen LogP contribution in [-0.4, -0.2) is 59.2 Å². The van der Waals surface area contributed by atoms with Crippen molar-refractivity contribution in [1.29, 1.82) is 0 Å². The van der Waals surface area contributed by atoms with Gasteiger partial charge in [0.2, 0.25) is 0 Å². The zero-order valence-electron chi connectivity index (χ0n) is 13.3. The van der Waals surface area contributed by atoms with Gasteiger partial charge in [0.25, 0.3) is 0 Å². The predicted octanol–water partition coefficient (Wildman–Crippen LogP) is 0.964. The Kier molecular flexibility index (Phi) is 4.55. The van der Waals surface area contributed by atoms with E-state index in [2.05, 4.69) is 4.90 Å². The Balaban J connectivity index is 1.63. The van der Waals surface area contributed by atoms with E-state index in [1.54, 1.807) is 6.26 Å². The van der Waals surface area contributed by atoms with E-state index in [1.807, 2.05) is 6.92 Å². The fourth-order valence-corrected chi connectivity index (χ4v) is 3.87. The molecule has 0 amide bonds. The van der Waals surface area contributed by atoms with Crippen LogP contribution < -0.4 is 0 Å². The van der Waals surface area contributed by atoms with Crippen molar-refractivity contribution in [2.24, 2.45) is 11.8 Å². The minimum Gasteiger partial charge on any atom is -0.496 e. The minimum absolute atomic E-state index is 0.0379. The Hall–Kier alpha value is -1.66. The number of aliphatic carboxylic acids is 1. The number of hydrogen-bond donors (Lipinski definition) is 2. The molecule has 2 N–H and O–H groups in total. The summed E-state index contributed by atoms with van der Waals surface area (Å²) in [5.41, 5.74) is 2.91. The van der Waals surface area contributed by atoms with Crippen LogP contribution in [0, 0.1) is 11.8 Å². The van der Waals surface area contributed by atoms with Crippen LogP contribution in [0.15, 0.2) is 23.0 Å². The quantitative estimate of drug-likeness (QED) is 0.802. The first-order valence-electron chi connectivity index (χ1n) is 8.14. The molecule has 3 aliphatic rings. The maximum atomic E-state index is 12.4. The van der Waals surface area contributed by atoms with Crippen LogP contribution >= 0.6 is 0 Å². The van der Waals surface area contributed by atoms with Gasteiger partial charge in [0.15, 0.2) is 0 Å². The first-order chi connectivity index (χ1) is 11.0. The fraction of sp³-hybridized carbons (Fsp3) is 0.647. The highest BCUT2D eigenvalue weighted by atomic mass is 16.5. The molecular weight excluding hydrogens is 298 g/mol. The van der Waals surface area contributed by atoms with Crippen molar-refractivity contribution in [2.45, 2.75) is 32.3 Å². The predicted molar refractivity (Wildman–Crippen MR) is 82.7 cm³/mol. The van der Waals surface area contributed by atoms with Crippen LogP contribution in [0.25, 0.3) is 0 Å². The van der Waals surface area contributed by atoms with Gasteiger partial charge in [-0.15, -0.1) is 0 Å². The van der Waals surface area contributed by atoms with Gasteiger partial charge in [-0.05, 0) is 38.4 Å². The third-order valence-corrected chi connectivity index (χ3v) is 5.26. The number of β-amino-alcohol motifs (C(OH)–C–C–N with tert-alkyl or cyclic N) is 1. The molecule has 2 atom stereocenters. The van der Waals surface area contributed by atoms with Gasteiger partial charge in [-0.25, -0.2) is 0 Å². The number of nitrogens with zero attached hydrogens (tertiary/aromatic N) is 1. The first-order valence-corrected chi connectivity index (χ1v) is 8.14. The summed E-state index contributed by atoms with van der Waals surface area (Å²) in [5, 5.41) is 19.6. The fourth-order valence-electron chi connectivity index (χ4n) is 3.87. The van der Waals surface area contributed by atoms with Crippen LogP contribution in [0.2, 0.25) is 0 Å². The number of aliphatic hydroxyl groups excluding tert-OH is 1. The molecule has 126 valence electrons. The van der Waals surface area contributed by atoms with E-state index in [0.29, 0.717) is 45.5 Å². The molecule has 1 fully saturated rings. The molecule has 23 heavy (non-hydrogen) atoms. The van der Waals surface area contributed by atoms with Crippen molar-refractivity contribution in [1.82, 2.24) is 4.90 Å². The summed E-state index contributed by atoms with van der Waals surface area (Å²) in [6.45, 7) is 4.10. The van der Waals surface area contributed by atoms with E-state index in [0.717, 1.165) is 16.7 Å². The lowest BCUT2D eigenvalue weighted by Gasteiger charge is -2.35. The maximum absolute atomic E-state index is 12.4. The zero-order chi connectivity index (χ0) is 16.6. The molecule has 6 heteroatoms. The number of ketones is 1. The van der Waals surface area contributed by atoms with Crippen LogP contribution in [-0.2, 0) is 14.3 Å². The monoisotopic (exact) mass is 321 g/mol. The van der Waals surface area contributed by atoms with Crippen molar-refractivity contribution in [2.75, 3.05) is 26.2 Å². The van der Waals surface area contributed by atoms with E-state index < -0.39 is 18.0 Å². The molecule has 0 aromatic carbocycles. The van der Waals surface area contributed by atoms with Crippen molar-refractivity contribution in [3.63, 3.8) is 0 Å². The van der Waals surface area contributed by atoms with Crippen molar-refractivity contribution >= 4 is 11.8 Å². The summed E-state index contributed by atoms with van der Waals surface area (Å²) < 4.78 is 5.30. The number of aliphatic hydroxyl groups is 1. The van der Waals surface area contributed by atoms with Gasteiger partial charge in [0.1, 0.15) is 12.4 Å². The van der Waals surface area contributed by atoms with Crippen LogP contribution in [0.4, 0.5) is 0 Å². The molecule has 1 saturated heterocycles. The highest BCUT2D eigenvalue weighted by Gasteiger charge is 2.38. The molecule has 0 bridgehead atoms. The Bertz CT molecular complexity index is 572. The number of carboxylic acid groups (broad SMARTS) is 1. The number of likely N-dealkylation sites (tertiary alicyclic amines) is 1. The Morgan fingerprint density at radius 2 is 2.13 bits per heavy atom. The zero-order valence-corrected chi connectivity index (χ0v) is 13.3. The highest BCUT2D eigenvalue weighted by molar-refractivity contribution is 5.90. The topological polar surface area (TPSA) is 87.1 Å². The largest absolute Gasteiger partial charge is 0.496 e. The molecule has 1 unspecified atom stereocenters. The summed E-state index contributed by atoms with van der Waals surface area (Å²) in [6, 6.07) is 0.